The van der Waals surface area contributed by atoms with Gasteiger partial charge in [-0.1, -0.05) is 16.8 Å². The van der Waals surface area contributed by atoms with Crippen LogP contribution in [0.4, 0.5) is 0 Å². The highest BCUT2D eigenvalue weighted by molar-refractivity contribution is 6.31. The highest BCUT2D eigenvalue weighted by Gasteiger charge is 2.13. The number of rotatable bonds is 5. The number of benzene rings is 1. The third-order valence-electron chi connectivity index (χ3n) is 4.23. The molecule has 7 nitrogen and oxygen atoms in total. The fraction of sp³-hybridized carbons (Fsp3) is 0.263. The van der Waals surface area contributed by atoms with Crippen LogP contribution in [0.3, 0.4) is 0 Å². The Kier molecular flexibility index (Phi) is 5.41. The van der Waals surface area contributed by atoms with E-state index in [2.05, 4.69) is 15.1 Å². The second-order valence-corrected chi connectivity index (χ2v) is 6.53. The molecule has 2 heterocycles. The second-order valence-electron chi connectivity index (χ2n) is 6.10. The van der Waals surface area contributed by atoms with Crippen LogP contribution < -0.4 is 5.56 Å². The zero-order chi connectivity index (χ0) is 19.6. The molecule has 0 aliphatic rings. The van der Waals surface area contributed by atoms with Crippen LogP contribution >= 0.6 is 11.6 Å². The molecule has 1 amide bonds. The van der Waals surface area contributed by atoms with Crippen molar-refractivity contribution in [2.24, 2.45) is 0 Å². The molecule has 3 aromatic rings. The molecule has 1 aromatic carbocycles. The summed E-state index contributed by atoms with van der Waals surface area (Å²) < 4.78 is 5.09. The van der Waals surface area contributed by atoms with Crippen molar-refractivity contribution in [2.75, 3.05) is 6.54 Å². The van der Waals surface area contributed by atoms with Crippen LogP contribution in [0.25, 0.3) is 17.0 Å². The lowest BCUT2D eigenvalue weighted by Gasteiger charge is -2.18. The average molecular weight is 387 g/mol. The summed E-state index contributed by atoms with van der Waals surface area (Å²) >= 11 is 5.98. The van der Waals surface area contributed by atoms with Crippen molar-refractivity contribution in [2.45, 2.75) is 27.3 Å². The summed E-state index contributed by atoms with van der Waals surface area (Å²) in [6, 6.07) is 4.90. The Morgan fingerprint density at radius 1 is 1.37 bits per heavy atom. The first-order valence-electron chi connectivity index (χ1n) is 8.47. The van der Waals surface area contributed by atoms with Gasteiger partial charge in [-0.3, -0.25) is 9.59 Å². The minimum Gasteiger partial charge on any atom is -0.361 e. The summed E-state index contributed by atoms with van der Waals surface area (Å²) in [4.78, 5) is 33.5. The largest absolute Gasteiger partial charge is 0.361 e. The topological polar surface area (TPSA) is 92.1 Å². The van der Waals surface area contributed by atoms with E-state index in [1.165, 1.54) is 6.08 Å². The molecule has 27 heavy (non-hydrogen) atoms. The van der Waals surface area contributed by atoms with Gasteiger partial charge in [0, 0.05) is 23.2 Å². The maximum absolute atomic E-state index is 12.5. The Labute approximate surface area is 160 Å². The smallest absolute Gasteiger partial charge is 0.258 e. The highest BCUT2D eigenvalue weighted by Crippen LogP contribution is 2.16. The first-order valence-corrected chi connectivity index (χ1v) is 8.85. The number of aromatic amines is 1. The quantitative estimate of drug-likeness (QED) is 0.679. The first-order chi connectivity index (χ1) is 12.9. The Hall–Kier alpha value is -2.93. The second kappa shape index (κ2) is 7.75. The zero-order valence-corrected chi connectivity index (χ0v) is 16.0. The number of halogens is 1. The van der Waals surface area contributed by atoms with Crippen molar-refractivity contribution in [1.29, 1.82) is 0 Å². The standard InChI is InChI=1S/C19H19ClN4O3/c1-4-24(18(25)8-7-14-11(2)23-27-12(14)3)10-17-21-16-9-13(20)5-6-15(16)19(26)22-17/h5-9H,4,10H2,1-3H3,(H,21,22,26)/b8-7+. The Balaban J connectivity index is 1.83. The van der Waals surface area contributed by atoms with Crippen molar-refractivity contribution < 1.29 is 9.32 Å². The van der Waals surface area contributed by atoms with Gasteiger partial charge in [-0.15, -0.1) is 0 Å². The molecule has 0 aliphatic heterocycles. The van der Waals surface area contributed by atoms with E-state index in [1.807, 2.05) is 13.8 Å². The normalized spacial score (nSPS) is 11.4. The molecule has 3 rings (SSSR count). The predicted octanol–water partition coefficient (Wildman–Crippen LogP) is 3.24. The lowest BCUT2D eigenvalue weighted by Crippen LogP contribution is -2.30. The Morgan fingerprint density at radius 3 is 2.81 bits per heavy atom. The van der Waals surface area contributed by atoms with Crippen LogP contribution in [0, 0.1) is 13.8 Å². The molecule has 8 heteroatoms. The molecular formula is C19H19ClN4O3. The van der Waals surface area contributed by atoms with Gasteiger partial charge in [0.2, 0.25) is 5.91 Å². The van der Waals surface area contributed by atoms with Crippen LogP contribution in [-0.4, -0.2) is 32.5 Å². The predicted molar refractivity (Wildman–Crippen MR) is 103 cm³/mol. The summed E-state index contributed by atoms with van der Waals surface area (Å²) in [5.74, 6) is 0.846. The van der Waals surface area contributed by atoms with Crippen molar-refractivity contribution in [3.05, 3.63) is 62.5 Å². The number of hydrogen-bond donors (Lipinski definition) is 1. The molecule has 0 fully saturated rings. The van der Waals surface area contributed by atoms with Crippen molar-refractivity contribution >= 4 is 34.5 Å². The molecule has 0 spiro atoms. The van der Waals surface area contributed by atoms with E-state index in [9.17, 15) is 9.59 Å². The molecule has 0 saturated carbocycles. The molecule has 0 aliphatic carbocycles. The molecule has 2 aromatic heterocycles. The average Bonchev–Trinajstić information content (AvgIpc) is 2.95. The highest BCUT2D eigenvalue weighted by atomic mass is 35.5. The Bertz CT molecular complexity index is 1060. The van der Waals surface area contributed by atoms with Gasteiger partial charge < -0.3 is 14.4 Å². The van der Waals surface area contributed by atoms with Gasteiger partial charge in [-0.2, -0.15) is 0 Å². The summed E-state index contributed by atoms with van der Waals surface area (Å²) in [7, 11) is 0. The van der Waals surface area contributed by atoms with Gasteiger partial charge in [0.25, 0.3) is 5.56 Å². The minimum absolute atomic E-state index is 0.180. The fourth-order valence-electron chi connectivity index (χ4n) is 2.75. The number of amides is 1. The molecule has 0 bridgehead atoms. The SMILES string of the molecule is CCN(Cc1nc2cc(Cl)ccc2c(=O)[nH]1)C(=O)/C=C/c1c(C)noc1C. The van der Waals surface area contributed by atoms with E-state index >= 15 is 0 Å². The third kappa shape index (κ3) is 4.09. The van der Waals surface area contributed by atoms with Gasteiger partial charge in [-0.25, -0.2) is 4.98 Å². The molecule has 0 radical (unpaired) electrons. The lowest BCUT2D eigenvalue weighted by molar-refractivity contribution is -0.126. The molecule has 0 saturated heterocycles. The van der Waals surface area contributed by atoms with E-state index in [0.717, 1.165) is 11.3 Å². The number of nitrogens with one attached hydrogen (secondary N) is 1. The Morgan fingerprint density at radius 2 is 2.15 bits per heavy atom. The van der Waals surface area contributed by atoms with Crippen LogP contribution in [-0.2, 0) is 11.3 Å². The first kappa shape index (κ1) is 18.8. The number of carbonyl (C=O) groups excluding carboxylic acids is 1. The molecule has 140 valence electrons. The fourth-order valence-corrected chi connectivity index (χ4v) is 2.92. The monoisotopic (exact) mass is 386 g/mol. The maximum atomic E-state index is 12.5. The van der Waals surface area contributed by atoms with E-state index in [-0.39, 0.29) is 18.0 Å². The summed E-state index contributed by atoms with van der Waals surface area (Å²) in [5.41, 5.74) is 1.74. The number of hydrogen-bond acceptors (Lipinski definition) is 5. The molecular weight excluding hydrogens is 368 g/mol. The number of H-pyrrole nitrogens is 1. The number of aryl methyl sites for hydroxylation is 2. The molecule has 1 N–H and O–H groups in total. The van der Waals surface area contributed by atoms with E-state index < -0.39 is 0 Å². The van der Waals surface area contributed by atoms with E-state index in [1.54, 1.807) is 36.1 Å². The van der Waals surface area contributed by atoms with Crippen LogP contribution in [0.15, 0.2) is 33.6 Å². The van der Waals surface area contributed by atoms with Gasteiger partial charge in [-0.05, 0) is 45.0 Å². The molecule has 0 atom stereocenters. The third-order valence-corrected chi connectivity index (χ3v) is 4.47. The summed E-state index contributed by atoms with van der Waals surface area (Å²) in [5, 5.41) is 4.81. The zero-order valence-electron chi connectivity index (χ0n) is 15.2. The van der Waals surface area contributed by atoms with Gasteiger partial charge in [0.15, 0.2) is 0 Å². The van der Waals surface area contributed by atoms with E-state index in [4.69, 9.17) is 16.1 Å². The van der Waals surface area contributed by atoms with Crippen molar-refractivity contribution in [3.8, 4) is 0 Å². The van der Waals surface area contributed by atoms with E-state index in [0.29, 0.717) is 34.1 Å². The number of nitrogens with zero attached hydrogens (tertiary/aromatic N) is 3. The van der Waals surface area contributed by atoms with Crippen LogP contribution in [0.1, 0.15) is 29.8 Å². The summed E-state index contributed by atoms with van der Waals surface area (Å²) in [6.07, 6.45) is 3.15. The van der Waals surface area contributed by atoms with Crippen molar-refractivity contribution in [1.82, 2.24) is 20.0 Å². The van der Waals surface area contributed by atoms with Crippen molar-refractivity contribution in [3.63, 3.8) is 0 Å². The van der Waals surface area contributed by atoms with Gasteiger partial charge in [0.05, 0.1) is 23.1 Å². The molecule has 0 unspecified atom stereocenters. The lowest BCUT2D eigenvalue weighted by atomic mass is 10.2. The van der Waals surface area contributed by atoms with Crippen LogP contribution in [0.2, 0.25) is 5.02 Å². The summed E-state index contributed by atoms with van der Waals surface area (Å²) in [6.45, 7) is 6.10. The van der Waals surface area contributed by atoms with Gasteiger partial charge >= 0.3 is 0 Å². The van der Waals surface area contributed by atoms with Crippen LogP contribution in [0.5, 0.6) is 0 Å². The number of aromatic nitrogens is 3. The number of likely N-dealkylation sites (N-methyl/N-ethyl adjacent to an activating group) is 1. The van der Waals surface area contributed by atoms with Gasteiger partial charge in [0.1, 0.15) is 11.6 Å². The minimum atomic E-state index is -0.263. The maximum Gasteiger partial charge on any atom is 0.258 e. The number of fused-ring (bicyclic) bond motifs is 1. The number of carbonyl (C=O) groups is 1.